The first kappa shape index (κ1) is 10.4. The molecule has 2 nitrogen and oxygen atoms in total. The smallest absolute Gasteiger partial charge is 0.0656 e. The number of rotatable bonds is 4. The third kappa shape index (κ3) is 3.38. The van der Waals surface area contributed by atoms with Crippen LogP contribution < -0.4 is 5.73 Å². The van der Waals surface area contributed by atoms with Gasteiger partial charge in [0.15, 0.2) is 0 Å². The molecule has 0 fully saturated rings. The number of thiophene rings is 1. The molecule has 2 N–H and O–H groups in total. The minimum absolute atomic E-state index is 0.734. The Balaban J connectivity index is 2.41. The predicted molar refractivity (Wildman–Crippen MR) is 62.4 cm³/mol. The maximum absolute atomic E-state index is 5.45. The first-order valence-electron chi connectivity index (χ1n) is 3.84. The van der Waals surface area contributed by atoms with Crippen LogP contribution in [0.3, 0.4) is 0 Å². The van der Waals surface area contributed by atoms with E-state index in [9.17, 15) is 0 Å². The summed E-state index contributed by atoms with van der Waals surface area (Å²) in [5, 5.41) is 2.20. The summed E-state index contributed by atoms with van der Waals surface area (Å²) in [6.07, 6.45) is 0. The zero-order valence-electron chi connectivity index (χ0n) is 7.09. The second kappa shape index (κ2) is 5.16. The Morgan fingerprint density at radius 2 is 2.42 bits per heavy atom. The molecule has 0 atom stereocenters. The molecule has 12 heavy (non-hydrogen) atoms. The quantitative estimate of drug-likeness (QED) is 0.858. The van der Waals surface area contributed by atoms with Crippen LogP contribution in [0.25, 0.3) is 0 Å². The second-order valence-electron chi connectivity index (χ2n) is 2.79. The summed E-state index contributed by atoms with van der Waals surface area (Å²) in [5.74, 6) is 0. The number of hydrogen-bond donors (Lipinski definition) is 1. The Kier molecular flexibility index (Phi) is 4.49. The number of hydrogen-bond acceptors (Lipinski definition) is 3. The molecule has 0 aromatic carbocycles. The van der Waals surface area contributed by atoms with E-state index < -0.39 is 0 Å². The first-order valence-corrected chi connectivity index (χ1v) is 5.79. The molecule has 1 aromatic heterocycles. The van der Waals surface area contributed by atoms with Crippen LogP contribution in [0.15, 0.2) is 11.4 Å². The van der Waals surface area contributed by atoms with Gasteiger partial charge in [-0.3, -0.25) is 0 Å². The van der Waals surface area contributed by atoms with Gasteiger partial charge >= 0.3 is 0 Å². The average Bonchev–Trinajstić information content (AvgIpc) is 2.36. The van der Waals surface area contributed by atoms with E-state index in [-0.39, 0.29) is 0 Å². The van der Waals surface area contributed by atoms with Crippen molar-refractivity contribution in [3.8, 4) is 0 Å². The van der Waals surface area contributed by atoms with Crippen molar-refractivity contribution in [2.75, 3.05) is 20.1 Å². The molecule has 0 aliphatic carbocycles. The van der Waals surface area contributed by atoms with Gasteiger partial charge in [0, 0.05) is 19.6 Å². The lowest BCUT2D eigenvalue weighted by atomic mass is 10.3. The molecule has 0 radical (unpaired) electrons. The predicted octanol–water partition coefficient (Wildman–Crippen LogP) is 1.74. The van der Waals surface area contributed by atoms with Gasteiger partial charge in [0.05, 0.1) is 2.88 Å². The Bertz CT molecular complexity index is 237. The topological polar surface area (TPSA) is 29.3 Å². The summed E-state index contributed by atoms with van der Waals surface area (Å²) in [7, 11) is 2.09. The molecule has 0 spiro atoms. The van der Waals surface area contributed by atoms with E-state index in [1.165, 1.54) is 8.45 Å². The van der Waals surface area contributed by atoms with Crippen LogP contribution >= 0.6 is 33.9 Å². The third-order valence-corrected chi connectivity index (χ3v) is 3.42. The lowest BCUT2D eigenvalue weighted by molar-refractivity contribution is 0.337. The molecule has 1 heterocycles. The SMILES string of the molecule is CN(CCN)Cc1csc(I)c1. The van der Waals surface area contributed by atoms with Gasteiger partial charge in [0.25, 0.3) is 0 Å². The summed E-state index contributed by atoms with van der Waals surface area (Å²) >= 11 is 4.14. The molecular formula is C8H13IN2S. The summed E-state index contributed by atoms with van der Waals surface area (Å²) in [6, 6.07) is 2.22. The van der Waals surface area contributed by atoms with Gasteiger partial charge in [-0.05, 0) is 46.6 Å². The van der Waals surface area contributed by atoms with Crippen molar-refractivity contribution in [1.82, 2.24) is 4.90 Å². The van der Waals surface area contributed by atoms with Crippen molar-refractivity contribution in [1.29, 1.82) is 0 Å². The van der Waals surface area contributed by atoms with E-state index in [4.69, 9.17) is 5.73 Å². The molecule has 0 aliphatic heterocycles. The molecular weight excluding hydrogens is 283 g/mol. The molecule has 0 saturated heterocycles. The molecule has 0 amide bonds. The highest BCUT2D eigenvalue weighted by molar-refractivity contribution is 14.1. The van der Waals surface area contributed by atoms with E-state index in [0.29, 0.717) is 0 Å². The van der Waals surface area contributed by atoms with Gasteiger partial charge in [0.1, 0.15) is 0 Å². The summed E-state index contributed by atoms with van der Waals surface area (Å²) < 4.78 is 1.35. The third-order valence-electron chi connectivity index (χ3n) is 1.59. The standard InChI is InChI=1S/C8H13IN2S/c1-11(3-2-10)5-7-4-8(9)12-6-7/h4,6H,2-3,5,10H2,1H3. The number of likely N-dealkylation sites (N-methyl/N-ethyl adjacent to an activating group) is 1. The first-order chi connectivity index (χ1) is 5.72. The van der Waals surface area contributed by atoms with Crippen LogP contribution in [0.1, 0.15) is 5.56 Å². The fourth-order valence-corrected chi connectivity index (χ4v) is 2.45. The number of halogens is 1. The molecule has 1 aromatic rings. The Hall–Kier alpha value is 0.350. The summed E-state index contributed by atoms with van der Waals surface area (Å²) in [6.45, 7) is 2.71. The molecule has 0 bridgehead atoms. The van der Waals surface area contributed by atoms with Crippen molar-refractivity contribution < 1.29 is 0 Å². The fraction of sp³-hybridized carbons (Fsp3) is 0.500. The Labute approximate surface area is 90.9 Å². The van der Waals surface area contributed by atoms with Crippen LogP contribution in [-0.4, -0.2) is 25.0 Å². The monoisotopic (exact) mass is 296 g/mol. The zero-order chi connectivity index (χ0) is 8.97. The van der Waals surface area contributed by atoms with Gasteiger partial charge < -0.3 is 10.6 Å². The van der Waals surface area contributed by atoms with E-state index in [2.05, 4.69) is 46.0 Å². The molecule has 68 valence electrons. The van der Waals surface area contributed by atoms with Crippen LogP contribution in [0.4, 0.5) is 0 Å². The highest BCUT2D eigenvalue weighted by Crippen LogP contribution is 2.17. The molecule has 1 rings (SSSR count). The maximum atomic E-state index is 5.45. The van der Waals surface area contributed by atoms with Crippen LogP contribution in [0.5, 0.6) is 0 Å². The van der Waals surface area contributed by atoms with Gasteiger partial charge in [-0.25, -0.2) is 0 Å². The molecule has 0 unspecified atom stereocenters. The van der Waals surface area contributed by atoms with E-state index in [1.54, 1.807) is 11.3 Å². The van der Waals surface area contributed by atoms with E-state index in [1.807, 2.05) is 0 Å². The van der Waals surface area contributed by atoms with E-state index in [0.717, 1.165) is 19.6 Å². The Morgan fingerprint density at radius 1 is 1.67 bits per heavy atom. The Morgan fingerprint density at radius 3 is 2.92 bits per heavy atom. The van der Waals surface area contributed by atoms with Crippen molar-refractivity contribution in [3.05, 3.63) is 19.9 Å². The van der Waals surface area contributed by atoms with Crippen LogP contribution in [0, 0.1) is 2.88 Å². The maximum Gasteiger partial charge on any atom is 0.0656 e. The van der Waals surface area contributed by atoms with Crippen molar-refractivity contribution >= 4 is 33.9 Å². The van der Waals surface area contributed by atoms with Gasteiger partial charge in [-0.15, -0.1) is 11.3 Å². The highest BCUT2D eigenvalue weighted by Gasteiger charge is 2.00. The van der Waals surface area contributed by atoms with Gasteiger partial charge in [0.2, 0.25) is 0 Å². The lowest BCUT2D eigenvalue weighted by Crippen LogP contribution is -2.24. The van der Waals surface area contributed by atoms with Crippen LogP contribution in [-0.2, 0) is 6.54 Å². The summed E-state index contributed by atoms with van der Waals surface area (Å²) in [5.41, 5.74) is 6.84. The van der Waals surface area contributed by atoms with Gasteiger partial charge in [-0.1, -0.05) is 0 Å². The lowest BCUT2D eigenvalue weighted by Gasteiger charge is -2.13. The minimum Gasteiger partial charge on any atom is -0.329 e. The average molecular weight is 296 g/mol. The van der Waals surface area contributed by atoms with Gasteiger partial charge in [-0.2, -0.15) is 0 Å². The minimum atomic E-state index is 0.734. The van der Waals surface area contributed by atoms with E-state index >= 15 is 0 Å². The molecule has 0 aliphatic rings. The normalized spacial score (nSPS) is 11.0. The van der Waals surface area contributed by atoms with Crippen molar-refractivity contribution in [3.63, 3.8) is 0 Å². The highest BCUT2D eigenvalue weighted by atomic mass is 127. The van der Waals surface area contributed by atoms with Crippen LogP contribution in [0.2, 0.25) is 0 Å². The van der Waals surface area contributed by atoms with Crippen molar-refractivity contribution in [2.45, 2.75) is 6.54 Å². The summed E-state index contributed by atoms with van der Waals surface area (Å²) in [4.78, 5) is 2.23. The largest absolute Gasteiger partial charge is 0.329 e. The fourth-order valence-electron chi connectivity index (χ4n) is 1.04. The second-order valence-corrected chi connectivity index (χ2v) is 5.59. The van der Waals surface area contributed by atoms with Crippen molar-refractivity contribution in [2.24, 2.45) is 5.73 Å². The zero-order valence-corrected chi connectivity index (χ0v) is 10.1. The molecule has 4 heteroatoms. The molecule has 0 saturated carbocycles. The number of nitrogens with two attached hydrogens (primary N) is 1. The number of nitrogens with zero attached hydrogens (tertiary/aromatic N) is 1.